The number of hydrogen-bond acceptors (Lipinski definition) is 4. The number of primary amides is 1. The van der Waals surface area contributed by atoms with Gasteiger partial charge in [0.05, 0.1) is 28.7 Å². The van der Waals surface area contributed by atoms with Crippen LogP contribution in [0, 0.1) is 5.82 Å². The molecule has 24 heavy (non-hydrogen) atoms. The fraction of sp³-hybridized carbons (Fsp3) is 0. The Hall–Kier alpha value is -3.48. The highest BCUT2D eigenvalue weighted by Crippen LogP contribution is 2.33. The molecule has 0 fully saturated rings. The molecule has 1 amide bonds. The minimum atomic E-state index is -0.600. The van der Waals surface area contributed by atoms with Gasteiger partial charge in [-0.15, -0.1) is 0 Å². The Morgan fingerprint density at radius 1 is 1.21 bits per heavy atom. The molecule has 1 aliphatic heterocycles. The minimum Gasteiger partial charge on any atom is -0.366 e. The van der Waals surface area contributed by atoms with E-state index >= 15 is 0 Å². The van der Waals surface area contributed by atoms with Crippen molar-refractivity contribution in [3.63, 3.8) is 0 Å². The number of fused-ring (bicyclic) bond motifs is 3. The maximum Gasteiger partial charge on any atom is 0.250 e. The Labute approximate surface area is 135 Å². The van der Waals surface area contributed by atoms with Crippen LogP contribution in [0.15, 0.2) is 53.9 Å². The van der Waals surface area contributed by atoms with Crippen LogP contribution in [-0.2, 0) is 0 Å². The first-order valence-corrected chi connectivity index (χ1v) is 7.21. The molecule has 0 saturated heterocycles. The third-order valence-electron chi connectivity index (χ3n) is 3.89. The lowest BCUT2D eigenvalue weighted by Crippen LogP contribution is -2.15. The molecule has 4 rings (SSSR count). The highest BCUT2D eigenvalue weighted by atomic mass is 19.1. The summed E-state index contributed by atoms with van der Waals surface area (Å²) in [4.78, 5) is 16.2. The summed E-state index contributed by atoms with van der Waals surface area (Å²) in [5.74, 6) is -0.998. The standard InChI is InChI=1S/C17H12FN5O/c18-13-4-2-1-3-9(13)14-10-7-11(17(19)24)16-12(8-22-23-16)15(10)21-6-5-20-14/h1-8,21H,(H2,19,24)(H,22,23). The van der Waals surface area contributed by atoms with Crippen molar-refractivity contribution in [2.45, 2.75) is 0 Å². The second-order valence-corrected chi connectivity index (χ2v) is 5.29. The summed E-state index contributed by atoms with van der Waals surface area (Å²) in [5, 5.41) is 10.6. The fourth-order valence-corrected chi connectivity index (χ4v) is 2.82. The van der Waals surface area contributed by atoms with E-state index in [1.54, 1.807) is 36.7 Å². The van der Waals surface area contributed by atoms with Gasteiger partial charge in [-0.3, -0.25) is 14.9 Å². The van der Waals surface area contributed by atoms with E-state index < -0.39 is 11.7 Å². The Morgan fingerprint density at radius 2 is 2.04 bits per heavy atom. The van der Waals surface area contributed by atoms with Crippen molar-refractivity contribution in [2.75, 3.05) is 5.32 Å². The van der Waals surface area contributed by atoms with Gasteiger partial charge in [0.15, 0.2) is 0 Å². The second-order valence-electron chi connectivity index (χ2n) is 5.29. The number of anilines is 1. The van der Waals surface area contributed by atoms with Gasteiger partial charge in [0.25, 0.3) is 5.91 Å². The lowest BCUT2D eigenvalue weighted by atomic mass is 9.95. The lowest BCUT2D eigenvalue weighted by molar-refractivity contribution is 0.100. The van der Waals surface area contributed by atoms with Crippen LogP contribution in [0.2, 0.25) is 0 Å². The predicted molar refractivity (Wildman–Crippen MR) is 89.4 cm³/mol. The van der Waals surface area contributed by atoms with Crippen LogP contribution in [0.4, 0.5) is 10.1 Å². The Morgan fingerprint density at radius 3 is 2.83 bits per heavy atom. The average molecular weight is 321 g/mol. The zero-order chi connectivity index (χ0) is 16.7. The van der Waals surface area contributed by atoms with Gasteiger partial charge in [-0.25, -0.2) is 4.39 Å². The van der Waals surface area contributed by atoms with Crippen molar-refractivity contribution in [3.8, 4) is 0 Å². The molecule has 0 unspecified atom stereocenters. The van der Waals surface area contributed by atoms with E-state index in [0.717, 1.165) is 0 Å². The fourth-order valence-electron chi connectivity index (χ4n) is 2.82. The number of benzene rings is 2. The minimum absolute atomic E-state index is 0.272. The van der Waals surface area contributed by atoms with Gasteiger partial charge in [-0.05, 0) is 18.2 Å². The number of nitrogens with zero attached hydrogens (tertiary/aromatic N) is 2. The third-order valence-corrected chi connectivity index (χ3v) is 3.89. The van der Waals surface area contributed by atoms with Crippen molar-refractivity contribution in [2.24, 2.45) is 10.7 Å². The number of aromatic nitrogens is 2. The maximum atomic E-state index is 14.3. The van der Waals surface area contributed by atoms with Crippen LogP contribution in [-0.4, -0.2) is 21.8 Å². The van der Waals surface area contributed by atoms with Crippen LogP contribution in [0.25, 0.3) is 10.9 Å². The Kier molecular flexibility index (Phi) is 3.13. The van der Waals surface area contributed by atoms with Crippen LogP contribution >= 0.6 is 0 Å². The van der Waals surface area contributed by atoms with Gasteiger partial charge in [0, 0.05) is 28.9 Å². The van der Waals surface area contributed by atoms with E-state index in [-0.39, 0.29) is 5.56 Å². The molecule has 1 aliphatic rings. The highest BCUT2D eigenvalue weighted by molar-refractivity contribution is 6.22. The first kappa shape index (κ1) is 14.1. The van der Waals surface area contributed by atoms with Crippen molar-refractivity contribution in [1.82, 2.24) is 10.2 Å². The van der Waals surface area contributed by atoms with Crippen LogP contribution in [0.3, 0.4) is 0 Å². The molecule has 2 heterocycles. The van der Waals surface area contributed by atoms with Gasteiger partial charge in [0.1, 0.15) is 5.82 Å². The summed E-state index contributed by atoms with van der Waals surface area (Å²) in [7, 11) is 0. The molecule has 2 aromatic carbocycles. The summed E-state index contributed by atoms with van der Waals surface area (Å²) in [6, 6.07) is 7.95. The number of aromatic amines is 1. The molecule has 6 nitrogen and oxygen atoms in total. The molecule has 118 valence electrons. The summed E-state index contributed by atoms with van der Waals surface area (Å²) in [6.45, 7) is 0. The zero-order valence-electron chi connectivity index (χ0n) is 12.4. The van der Waals surface area contributed by atoms with Crippen molar-refractivity contribution in [1.29, 1.82) is 0 Å². The van der Waals surface area contributed by atoms with Gasteiger partial charge < -0.3 is 11.1 Å². The summed E-state index contributed by atoms with van der Waals surface area (Å²) < 4.78 is 14.3. The highest BCUT2D eigenvalue weighted by Gasteiger charge is 2.22. The molecule has 7 heteroatoms. The first-order chi connectivity index (χ1) is 11.7. The molecular formula is C17H12FN5O. The van der Waals surface area contributed by atoms with Crippen molar-refractivity contribution >= 4 is 28.2 Å². The predicted octanol–water partition coefficient (Wildman–Crippen LogP) is 2.54. The first-order valence-electron chi connectivity index (χ1n) is 7.21. The maximum absolute atomic E-state index is 14.3. The number of nitrogens with two attached hydrogens (primary N) is 1. The summed E-state index contributed by atoms with van der Waals surface area (Å²) in [6.07, 6.45) is 4.77. The van der Waals surface area contributed by atoms with Crippen LogP contribution in [0.5, 0.6) is 0 Å². The van der Waals surface area contributed by atoms with Gasteiger partial charge in [-0.2, -0.15) is 5.10 Å². The van der Waals surface area contributed by atoms with Crippen molar-refractivity contribution < 1.29 is 9.18 Å². The molecule has 4 N–H and O–H groups in total. The number of halogens is 1. The number of carbonyl (C=O) groups excluding carboxylic acids is 1. The molecule has 0 spiro atoms. The smallest absolute Gasteiger partial charge is 0.250 e. The molecule has 0 saturated carbocycles. The van der Waals surface area contributed by atoms with E-state index in [1.807, 2.05) is 0 Å². The molecule has 0 bridgehead atoms. The van der Waals surface area contributed by atoms with Gasteiger partial charge in [-0.1, -0.05) is 12.1 Å². The van der Waals surface area contributed by atoms with E-state index in [1.165, 1.54) is 12.3 Å². The summed E-state index contributed by atoms with van der Waals surface area (Å²) in [5.41, 5.74) is 8.29. The number of H-pyrrole nitrogens is 1. The number of carbonyl (C=O) groups is 1. The number of rotatable bonds is 2. The lowest BCUT2D eigenvalue weighted by Gasteiger charge is -2.13. The van der Waals surface area contributed by atoms with Crippen molar-refractivity contribution in [3.05, 3.63) is 71.4 Å². The Bertz CT molecular complexity index is 1030. The van der Waals surface area contributed by atoms with E-state index in [4.69, 9.17) is 5.73 Å². The number of hydrogen-bond donors (Lipinski definition) is 3. The number of aliphatic imine (C=N–C) groups is 1. The average Bonchev–Trinajstić information content (AvgIpc) is 2.96. The SMILES string of the molecule is NC(=O)c1cc2c(c3cn[nH]c13)NC=CN=C2c1ccccc1F. The molecule has 0 atom stereocenters. The molecule has 1 aromatic heterocycles. The van der Waals surface area contributed by atoms with E-state index in [9.17, 15) is 9.18 Å². The van der Waals surface area contributed by atoms with Crippen LogP contribution < -0.4 is 11.1 Å². The number of amides is 1. The Balaban J connectivity index is 2.07. The largest absolute Gasteiger partial charge is 0.366 e. The summed E-state index contributed by atoms with van der Waals surface area (Å²) >= 11 is 0. The molecule has 0 radical (unpaired) electrons. The topological polar surface area (TPSA) is 96.2 Å². The monoisotopic (exact) mass is 321 g/mol. The second kappa shape index (κ2) is 5.31. The quantitative estimate of drug-likeness (QED) is 0.676. The van der Waals surface area contributed by atoms with Crippen LogP contribution in [0.1, 0.15) is 21.5 Å². The van der Waals surface area contributed by atoms with Gasteiger partial charge in [0.2, 0.25) is 0 Å². The van der Waals surface area contributed by atoms with E-state index in [0.29, 0.717) is 33.4 Å². The third kappa shape index (κ3) is 2.06. The molecule has 3 aromatic rings. The molecular weight excluding hydrogens is 309 g/mol. The number of nitrogens with one attached hydrogen (secondary N) is 2. The normalized spacial score (nSPS) is 13.1. The van der Waals surface area contributed by atoms with E-state index in [2.05, 4.69) is 20.5 Å². The zero-order valence-corrected chi connectivity index (χ0v) is 12.4. The molecule has 0 aliphatic carbocycles. The van der Waals surface area contributed by atoms with Gasteiger partial charge >= 0.3 is 0 Å².